The van der Waals surface area contributed by atoms with E-state index in [1.54, 1.807) is 24.3 Å². The number of amides is 2. The molecule has 0 aliphatic heterocycles. The van der Waals surface area contributed by atoms with Crippen LogP contribution in [-0.2, 0) is 16.0 Å². The SMILES string of the molecule is O=C(NCCc1ccccc1)c1ccccc1NC(=O)C1CCCCC1C(=O)[O-]. The summed E-state index contributed by atoms with van der Waals surface area (Å²) in [7, 11) is 0. The molecule has 2 amide bonds. The van der Waals surface area contributed by atoms with E-state index in [0.29, 0.717) is 37.1 Å². The average molecular weight is 393 g/mol. The molecule has 0 heterocycles. The van der Waals surface area contributed by atoms with Crippen molar-refractivity contribution in [2.45, 2.75) is 32.1 Å². The Kier molecular flexibility index (Phi) is 7.00. The first kappa shape index (κ1) is 20.6. The average Bonchev–Trinajstić information content (AvgIpc) is 2.74. The third-order valence-electron chi connectivity index (χ3n) is 5.38. The molecule has 152 valence electrons. The lowest BCUT2D eigenvalue weighted by atomic mass is 9.78. The van der Waals surface area contributed by atoms with Crippen molar-refractivity contribution in [3.8, 4) is 0 Å². The highest BCUT2D eigenvalue weighted by atomic mass is 16.4. The predicted molar refractivity (Wildman–Crippen MR) is 108 cm³/mol. The number of carboxylic acid groups (broad SMARTS) is 1. The fourth-order valence-corrected chi connectivity index (χ4v) is 3.80. The zero-order valence-electron chi connectivity index (χ0n) is 16.2. The maximum absolute atomic E-state index is 12.7. The Hall–Kier alpha value is -3.15. The summed E-state index contributed by atoms with van der Waals surface area (Å²) in [6.45, 7) is 0.473. The summed E-state index contributed by atoms with van der Waals surface area (Å²) in [5.74, 6) is -3.25. The second-order valence-corrected chi connectivity index (χ2v) is 7.34. The molecular weight excluding hydrogens is 368 g/mol. The van der Waals surface area contributed by atoms with Crippen LogP contribution in [0.3, 0.4) is 0 Å². The fraction of sp³-hybridized carbons (Fsp3) is 0.348. The minimum Gasteiger partial charge on any atom is -0.550 e. The van der Waals surface area contributed by atoms with E-state index >= 15 is 0 Å². The van der Waals surface area contributed by atoms with E-state index in [0.717, 1.165) is 18.4 Å². The van der Waals surface area contributed by atoms with Gasteiger partial charge in [-0.05, 0) is 37.0 Å². The van der Waals surface area contributed by atoms with Crippen LogP contribution in [0.1, 0.15) is 41.6 Å². The molecule has 0 spiro atoms. The summed E-state index contributed by atoms with van der Waals surface area (Å²) in [6.07, 6.45) is 3.25. The Balaban J connectivity index is 1.64. The molecule has 1 aliphatic rings. The molecule has 0 radical (unpaired) electrons. The number of para-hydroxylation sites is 1. The molecule has 2 N–H and O–H groups in total. The summed E-state index contributed by atoms with van der Waals surface area (Å²) in [4.78, 5) is 36.7. The largest absolute Gasteiger partial charge is 0.550 e. The lowest BCUT2D eigenvalue weighted by molar-refractivity contribution is -0.313. The van der Waals surface area contributed by atoms with E-state index < -0.39 is 17.8 Å². The van der Waals surface area contributed by atoms with E-state index in [1.165, 1.54) is 0 Å². The Morgan fingerprint density at radius 2 is 1.55 bits per heavy atom. The maximum Gasteiger partial charge on any atom is 0.253 e. The summed E-state index contributed by atoms with van der Waals surface area (Å²) >= 11 is 0. The van der Waals surface area contributed by atoms with Crippen molar-refractivity contribution in [1.29, 1.82) is 0 Å². The second-order valence-electron chi connectivity index (χ2n) is 7.34. The van der Waals surface area contributed by atoms with Gasteiger partial charge in [0.1, 0.15) is 0 Å². The second kappa shape index (κ2) is 9.87. The van der Waals surface area contributed by atoms with Crippen molar-refractivity contribution in [1.82, 2.24) is 5.32 Å². The van der Waals surface area contributed by atoms with Crippen molar-refractivity contribution in [3.63, 3.8) is 0 Å². The van der Waals surface area contributed by atoms with Crippen molar-refractivity contribution in [3.05, 3.63) is 65.7 Å². The normalized spacial score (nSPS) is 18.6. The standard InChI is InChI=1S/C23H26N2O4/c26-21(24-15-14-16-8-2-1-3-9-16)19-12-6-7-13-20(19)25-22(27)17-10-4-5-11-18(17)23(28)29/h1-3,6-9,12-13,17-18H,4-5,10-11,14-15H2,(H,24,26)(H,25,27)(H,28,29)/p-1. The number of aliphatic carboxylic acids is 1. The van der Waals surface area contributed by atoms with Gasteiger partial charge in [0, 0.05) is 24.3 Å². The van der Waals surface area contributed by atoms with Gasteiger partial charge in [-0.1, -0.05) is 55.3 Å². The summed E-state index contributed by atoms with van der Waals surface area (Å²) in [5, 5.41) is 17.0. The van der Waals surface area contributed by atoms with Crippen LogP contribution >= 0.6 is 0 Å². The summed E-state index contributed by atoms with van der Waals surface area (Å²) in [6, 6.07) is 16.6. The highest BCUT2D eigenvalue weighted by Crippen LogP contribution is 2.31. The number of carbonyl (C=O) groups excluding carboxylic acids is 3. The molecular formula is C23H25N2O4-. The first-order valence-corrected chi connectivity index (χ1v) is 9.99. The van der Waals surface area contributed by atoms with E-state index in [1.807, 2.05) is 30.3 Å². The number of carbonyl (C=O) groups is 3. The number of anilines is 1. The number of benzene rings is 2. The predicted octanol–water partition coefficient (Wildman–Crippen LogP) is 2.15. The van der Waals surface area contributed by atoms with Gasteiger partial charge in [-0.25, -0.2) is 0 Å². The molecule has 0 bridgehead atoms. The molecule has 0 saturated heterocycles. The molecule has 1 saturated carbocycles. The fourth-order valence-electron chi connectivity index (χ4n) is 3.80. The van der Waals surface area contributed by atoms with Gasteiger partial charge in [-0.3, -0.25) is 9.59 Å². The quantitative estimate of drug-likeness (QED) is 0.753. The molecule has 2 aromatic carbocycles. The van der Waals surface area contributed by atoms with Crippen LogP contribution in [0.25, 0.3) is 0 Å². The van der Waals surface area contributed by atoms with E-state index in [2.05, 4.69) is 10.6 Å². The van der Waals surface area contributed by atoms with Crippen LogP contribution < -0.4 is 15.7 Å². The molecule has 2 unspecified atom stereocenters. The molecule has 1 aliphatic carbocycles. The van der Waals surface area contributed by atoms with E-state index in [4.69, 9.17) is 0 Å². The monoisotopic (exact) mass is 393 g/mol. The van der Waals surface area contributed by atoms with Crippen molar-refractivity contribution in [2.24, 2.45) is 11.8 Å². The third kappa shape index (κ3) is 5.44. The Bertz CT molecular complexity index is 866. The topological polar surface area (TPSA) is 98.3 Å². The van der Waals surface area contributed by atoms with Gasteiger partial charge in [0.05, 0.1) is 11.3 Å². The number of hydrogen-bond donors (Lipinski definition) is 2. The molecule has 0 aromatic heterocycles. The number of nitrogens with one attached hydrogen (secondary N) is 2. The lowest BCUT2D eigenvalue weighted by Gasteiger charge is -2.31. The van der Waals surface area contributed by atoms with Crippen LogP contribution in [0.4, 0.5) is 5.69 Å². The number of carboxylic acids is 1. The molecule has 29 heavy (non-hydrogen) atoms. The Morgan fingerprint density at radius 3 is 2.28 bits per heavy atom. The Labute approximate surface area is 170 Å². The lowest BCUT2D eigenvalue weighted by Crippen LogP contribution is -2.42. The van der Waals surface area contributed by atoms with Crippen LogP contribution in [0.2, 0.25) is 0 Å². The van der Waals surface area contributed by atoms with Gasteiger partial charge in [-0.15, -0.1) is 0 Å². The minimum absolute atomic E-state index is 0.281. The molecule has 3 rings (SSSR count). The van der Waals surface area contributed by atoms with Gasteiger partial charge < -0.3 is 20.5 Å². The molecule has 1 fully saturated rings. The number of rotatable bonds is 7. The highest BCUT2D eigenvalue weighted by molar-refractivity contribution is 6.04. The Morgan fingerprint density at radius 1 is 0.897 bits per heavy atom. The minimum atomic E-state index is -1.18. The van der Waals surface area contributed by atoms with E-state index in [9.17, 15) is 19.5 Å². The van der Waals surface area contributed by atoms with Crippen LogP contribution in [-0.4, -0.2) is 24.3 Å². The van der Waals surface area contributed by atoms with Gasteiger partial charge in [0.25, 0.3) is 5.91 Å². The van der Waals surface area contributed by atoms with Crippen molar-refractivity contribution >= 4 is 23.5 Å². The van der Waals surface area contributed by atoms with Crippen LogP contribution in [0, 0.1) is 11.8 Å². The highest BCUT2D eigenvalue weighted by Gasteiger charge is 2.32. The van der Waals surface area contributed by atoms with Gasteiger partial charge in [-0.2, -0.15) is 0 Å². The van der Waals surface area contributed by atoms with Gasteiger partial charge in [0.15, 0.2) is 0 Å². The van der Waals surface area contributed by atoms with Crippen LogP contribution in [0.5, 0.6) is 0 Å². The van der Waals surface area contributed by atoms with Crippen LogP contribution in [0.15, 0.2) is 54.6 Å². The molecule has 2 atom stereocenters. The maximum atomic E-state index is 12.7. The smallest absolute Gasteiger partial charge is 0.253 e. The van der Waals surface area contributed by atoms with E-state index in [-0.39, 0.29) is 11.8 Å². The first-order valence-electron chi connectivity index (χ1n) is 9.99. The molecule has 6 heteroatoms. The van der Waals surface area contributed by atoms with Gasteiger partial charge >= 0.3 is 0 Å². The van der Waals surface area contributed by atoms with Crippen molar-refractivity contribution < 1.29 is 19.5 Å². The third-order valence-corrected chi connectivity index (χ3v) is 5.38. The molecule has 6 nitrogen and oxygen atoms in total. The number of hydrogen-bond acceptors (Lipinski definition) is 4. The first-order chi connectivity index (χ1) is 14.1. The summed E-state index contributed by atoms with van der Waals surface area (Å²) in [5.41, 5.74) is 1.87. The van der Waals surface area contributed by atoms with Crippen molar-refractivity contribution in [2.75, 3.05) is 11.9 Å². The molecule has 2 aromatic rings. The van der Waals surface area contributed by atoms with Gasteiger partial charge in [0.2, 0.25) is 5.91 Å². The zero-order valence-corrected chi connectivity index (χ0v) is 16.2. The summed E-state index contributed by atoms with van der Waals surface area (Å²) < 4.78 is 0. The zero-order chi connectivity index (χ0) is 20.6.